The summed E-state index contributed by atoms with van der Waals surface area (Å²) in [5.41, 5.74) is 0.604. The Kier molecular flexibility index (Phi) is 6.00. The number of benzene rings is 1. The van der Waals surface area contributed by atoms with E-state index in [4.69, 9.17) is 9.47 Å². The van der Waals surface area contributed by atoms with Crippen molar-refractivity contribution in [3.63, 3.8) is 0 Å². The molecule has 0 fully saturated rings. The molecule has 0 bridgehead atoms. The number of carbonyl (C=O) groups excluding carboxylic acids is 1. The van der Waals surface area contributed by atoms with Crippen molar-refractivity contribution in [1.29, 1.82) is 0 Å². The SMILES string of the molecule is COCC(CBr)NC(=O)c1ccc(OC)cc1. The number of amides is 1. The molecule has 0 aromatic heterocycles. The van der Waals surface area contributed by atoms with Crippen LogP contribution in [0.25, 0.3) is 0 Å². The summed E-state index contributed by atoms with van der Waals surface area (Å²) < 4.78 is 10.0. The number of alkyl halides is 1. The maximum atomic E-state index is 11.9. The highest BCUT2D eigenvalue weighted by Gasteiger charge is 2.12. The van der Waals surface area contributed by atoms with Gasteiger partial charge in [-0.15, -0.1) is 0 Å². The van der Waals surface area contributed by atoms with Gasteiger partial charge in [-0.05, 0) is 24.3 Å². The van der Waals surface area contributed by atoms with Gasteiger partial charge in [0, 0.05) is 18.0 Å². The third-order valence-corrected chi connectivity index (χ3v) is 3.02. The largest absolute Gasteiger partial charge is 0.497 e. The van der Waals surface area contributed by atoms with Crippen LogP contribution in [0.15, 0.2) is 24.3 Å². The number of halogens is 1. The van der Waals surface area contributed by atoms with Crippen LogP contribution in [0.5, 0.6) is 5.75 Å². The van der Waals surface area contributed by atoms with E-state index in [1.54, 1.807) is 38.5 Å². The molecular formula is C12H16BrNO3. The summed E-state index contributed by atoms with van der Waals surface area (Å²) >= 11 is 3.33. The first-order valence-electron chi connectivity index (χ1n) is 5.21. The maximum Gasteiger partial charge on any atom is 0.251 e. The van der Waals surface area contributed by atoms with Crippen molar-refractivity contribution in [3.05, 3.63) is 29.8 Å². The fraction of sp³-hybridized carbons (Fsp3) is 0.417. The molecule has 1 N–H and O–H groups in total. The number of nitrogens with one attached hydrogen (secondary N) is 1. The minimum Gasteiger partial charge on any atom is -0.497 e. The molecule has 0 saturated heterocycles. The molecule has 1 aromatic rings. The zero-order valence-electron chi connectivity index (χ0n) is 9.90. The molecule has 4 nitrogen and oxygen atoms in total. The van der Waals surface area contributed by atoms with E-state index in [1.165, 1.54) is 0 Å². The summed E-state index contributed by atoms with van der Waals surface area (Å²) in [5, 5.41) is 3.53. The van der Waals surface area contributed by atoms with E-state index in [0.717, 1.165) is 5.75 Å². The third kappa shape index (κ3) is 4.36. The van der Waals surface area contributed by atoms with Gasteiger partial charge in [-0.2, -0.15) is 0 Å². The van der Waals surface area contributed by atoms with Crippen LogP contribution < -0.4 is 10.1 Å². The average molecular weight is 302 g/mol. The van der Waals surface area contributed by atoms with E-state index < -0.39 is 0 Å². The molecular weight excluding hydrogens is 286 g/mol. The highest BCUT2D eigenvalue weighted by Crippen LogP contribution is 2.11. The normalized spacial score (nSPS) is 11.9. The lowest BCUT2D eigenvalue weighted by atomic mass is 10.2. The minimum atomic E-state index is -0.117. The highest BCUT2D eigenvalue weighted by atomic mass is 79.9. The lowest BCUT2D eigenvalue weighted by molar-refractivity contribution is 0.0908. The Morgan fingerprint density at radius 3 is 2.47 bits per heavy atom. The first kappa shape index (κ1) is 14.0. The standard InChI is InChI=1S/C12H16BrNO3/c1-16-8-10(7-13)14-12(15)9-3-5-11(17-2)6-4-9/h3-6,10H,7-8H2,1-2H3,(H,14,15). The van der Waals surface area contributed by atoms with Gasteiger partial charge in [-0.25, -0.2) is 0 Å². The van der Waals surface area contributed by atoms with Gasteiger partial charge in [0.25, 0.3) is 5.91 Å². The van der Waals surface area contributed by atoms with Gasteiger partial charge in [0.2, 0.25) is 0 Å². The molecule has 0 spiro atoms. The second-order valence-corrected chi connectivity index (χ2v) is 4.16. The average Bonchev–Trinajstić information content (AvgIpc) is 2.38. The van der Waals surface area contributed by atoms with Crippen LogP contribution in [0.1, 0.15) is 10.4 Å². The molecule has 0 aliphatic rings. The Labute approximate surface area is 109 Å². The fourth-order valence-corrected chi connectivity index (χ4v) is 1.69. The maximum absolute atomic E-state index is 11.9. The van der Waals surface area contributed by atoms with Gasteiger partial charge in [0.15, 0.2) is 0 Å². The third-order valence-electron chi connectivity index (χ3n) is 2.24. The van der Waals surface area contributed by atoms with Gasteiger partial charge >= 0.3 is 0 Å². The molecule has 1 aromatic carbocycles. The molecule has 5 heteroatoms. The van der Waals surface area contributed by atoms with Crippen molar-refractivity contribution in [2.24, 2.45) is 0 Å². The lowest BCUT2D eigenvalue weighted by Gasteiger charge is -2.15. The molecule has 94 valence electrons. The van der Waals surface area contributed by atoms with Crippen LogP contribution in [0.2, 0.25) is 0 Å². The quantitative estimate of drug-likeness (QED) is 0.816. The van der Waals surface area contributed by atoms with Gasteiger partial charge in [-0.3, -0.25) is 4.79 Å². The molecule has 1 unspecified atom stereocenters. The predicted molar refractivity (Wildman–Crippen MR) is 69.9 cm³/mol. The monoisotopic (exact) mass is 301 g/mol. The predicted octanol–water partition coefficient (Wildman–Crippen LogP) is 1.83. The number of hydrogen-bond acceptors (Lipinski definition) is 3. The Hall–Kier alpha value is -1.07. The van der Waals surface area contributed by atoms with Gasteiger partial charge in [0.1, 0.15) is 5.75 Å². The highest BCUT2D eigenvalue weighted by molar-refractivity contribution is 9.09. The lowest BCUT2D eigenvalue weighted by Crippen LogP contribution is -2.39. The Balaban J connectivity index is 2.62. The molecule has 0 aliphatic heterocycles. The molecule has 0 saturated carbocycles. The first-order valence-corrected chi connectivity index (χ1v) is 6.33. The van der Waals surface area contributed by atoms with Crippen LogP contribution >= 0.6 is 15.9 Å². The Bertz CT molecular complexity index is 353. The van der Waals surface area contributed by atoms with Crippen LogP contribution in [-0.2, 0) is 4.74 Å². The second-order valence-electron chi connectivity index (χ2n) is 3.51. The van der Waals surface area contributed by atoms with E-state index in [9.17, 15) is 4.79 Å². The molecule has 0 aliphatic carbocycles. The number of rotatable bonds is 6. The van der Waals surface area contributed by atoms with Gasteiger partial charge < -0.3 is 14.8 Å². The van der Waals surface area contributed by atoms with E-state index in [0.29, 0.717) is 17.5 Å². The van der Waals surface area contributed by atoms with Crippen molar-refractivity contribution in [3.8, 4) is 5.75 Å². The first-order chi connectivity index (χ1) is 8.21. The van der Waals surface area contributed by atoms with E-state index in [1.807, 2.05) is 0 Å². The minimum absolute atomic E-state index is 0.0328. The number of carbonyl (C=O) groups is 1. The summed E-state index contributed by atoms with van der Waals surface area (Å²) in [7, 11) is 3.20. The zero-order valence-corrected chi connectivity index (χ0v) is 11.5. The molecule has 1 atom stereocenters. The summed E-state index contributed by atoms with van der Waals surface area (Å²) in [6.07, 6.45) is 0. The molecule has 1 rings (SSSR count). The summed E-state index contributed by atoms with van der Waals surface area (Å²) in [4.78, 5) is 11.9. The topological polar surface area (TPSA) is 47.6 Å². The van der Waals surface area contributed by atoms with E-state index in [2.05, 4.69) is 21.2 Å². The van der Waals surface area contributed by atoms with E-state index >= 15 is 0 Å². The Morgan fingerprint density at radius 2 is 2.00 bits per heavy atom. The van der Waals surface area contributed by atoms with Crippen molar-refractivity contribution >= 4 is 21.8 Å². The van der Waals surface area contributed by atoms with Crippen LogP contribution in [0.4, 0.5) is 0 Å². The zero-order chi connectivity index (χ0) is 12.7. The number of ether oxygens (including phenoxy) is 2. The van der Waals surface area contributed by atoms with Crippen LogP contribution in [0.3, 0.4) is 0 Å². The number of methoxy groups -OCH3 is 2. The van der Waals surface area contributed by atoms with E-state index in [-0.39, 0.29) is 11.9 Å². The summed E-state index contributed by atoms with van der Waals surface area (Å²) in [6.45, 7) is 0.479. The van der Waals surface area contributed by atoms with Crippen LogP contribution in [-0.4, -0.2) is 38.1 Å². The summed E-state index contributed by atoms with van der Waals surface area (Å²) in [5.74, 6) is 0.615. The smallest absolute Gasteiger partial charge is 0.251 e. The van der Waals surface area contributed by atoms with Crippen molar-refractivity contribution in [1.82, 2.24) is 5.32 Å². The fourth-order valence-electron chi connectivity index (χ4n) is 1.34. The molecule has 0 heterocycles. The molecule has 0 radical (unpaired) electrons. The van der Waals surface area contributed by atoms with Crippen molar-refractivity contribution < 1.29 is 14.3 Å². The van der Waals surface area contributed by atoms with Gasteiger partial charge in [-0.1, -0.05) is 15.9 Å². The van der Waals surface area contributed by atoms with Gasteiger partial charge in [0.05, 0.1) is 19.8 Å². The van der Waals surface area contributed by atoms with Crippen molar-refractivity contribution in [2.45, 2.75) is 6.04 Å². The second kappa shape index (κ2) is 7.29. The Morgan fingerprint density at radius 1 is 1.35 bits per heavy atom. The van der Waals surface area contributed by atoms with Crippen LogP contribution in [0, 0.1) is 0 Å². The number of hydrogen-bond donors (Lipinski definition) is 1. The summed E-state index contributed by atoms with van der Waals surface area (Å²) in [6, 6.07) is 6.94. The molecule has 1 amide bonds. The molecule has 17 heavy (non-hydrogen) atoms. The van der Waals surface area contributed by atoms with Crippen molar-refractivity contribution in [2.75, 3.05) is 26.2 Å².